The van der Waals surface area contributed by atoms with Crippen LogP contribution in [0.5, 0.6) is 5.75 Å². The van der Waals surface area contributed by atoms with E-state index in [1.165, 1.54) is 4.90 Å². The first-order chi connectivity index (χ1) is 13.9. The maximum atomic E-state index is 12.7. The predicted molar refractivity (Wildman–Crippen MR) is 125 cm³/mol. The molecule has 3 rings (SSSR count). The summed E-state index contributed by atoms with van der Waals surface area (Å²) in [6.07, 6.45) is 0.762. The smallest absolute Gasteiger partial charge is 0.251 e. The number of anilines is 1. The second kappa shape index (κ2) is 9.53. The number of nitrogens with zero attached hydrogens (tertiary/aromatic N) is 2. The van der Waals surface area contributed by atoms with Gasteiger partial charge in [0, 0.05) is 22.8 Å². The molecule has 0 aliphatic carbocycles. The normalized spacial score (nSPS) is 16.3. The van der Waals surface area contributed by atoms with Crippen LogP contribution < -0.4 is 10.1 Å². The number of thiocarbonyl (C=S) groups is 1. The molecule has 2 amide bonds. The molecule has 0 spiro atoms. The van der Waals surface area contributed by atoms with E-state index >= 15 is 0 Å². The van der Waals surface area contributed by atoms with Crippen LogP contribution in [0.1, 0.15) is 12.0 Å². The van der Waals surface area contributed by atoms with Crippen LogP contribution in [0.25, 0.3) is 0 Å². The first-order valence-electron chi connectivity index (χ1n) is 9.15. The van der Waals surface area contributed by atoms with Gasteiger partial charge in [-0.2, -0.15) is 0 Å². The van der Waals surface area contributed by atoms with Gasteiger partial charge in [0.15, 0.2) is 5.11 Å². The molecule has 1 atom stereocenters. The monoisotopic (exact) mass is 523 g/mol. The van der Waals surface area contributed by atoms with Gasteiger partial charge in [-0.25, -0.2) is 0 Å². The van der Waals surface area contributed by atoms with Crippen LogP contribution in [0.3, 0.4) is 0 Å². The molecule has 2 aromatic rings. The molecule has 0 saturated carbocycles. The molecule has 0 bridgehead atoms. The summed E-state index contributed by atoms with van der Waals surface area (Å²) in [6.45, 7) is 0.558. The summed E-state index contributed by atoms with van der Waals surface area (Å²) >= 11 is 7.65. The number of nitrogens with one attached hydrogen (secondary N) is 1. The predicted octanol–water partition coefficient (Wildman–Crippen LogP) is 3.30. The molecule has 152 valence electrons. The summed E-state index contributed by atoms with van der Waals surface area (Å²) < 4.78 is 6.27. The van der Waals surface area contributed by atoms with Gasteiger partial charge in [0.05, 0.1) is 13.5 Å². The van der Waals surface area contributed by atoms with Crippen molar-refractivity contribution in [1.29, 1.82) is 0 Å². The van der Waals surface area contributed by atoms with Crippen LogP contribution in [0.2, 0.25) is 0 Å². The number of carbonyl (C=O) groups excluding carboxylic acids is 2. The van der Waals surface area contributed by atoms with E-state index in [0.29, 0.717) is 23.8 Å². The number of benzene rings is 2. The Labute approximate surface area is 189 Å². The van der Waals surface area contributed by atoms with Crippen molar-refractivity contribution in [3.8, 4) is 5.75 Å². The second-order valence-corrected chi connectivity index (χ2v) is 8.36. The molecule has 0 aromatic heterocycles. The lowest BCUT2D eigenvalue weighted by Gasteiger charge is -2.23. The van der Waals surface area contributed by atoms with Crippen molar-refractivity contribution in [3.63, 3.8) is 0 Å². The number of hydrogen-bond donors (Lipinski definition) is 1. The lowest BCUT2D eigenvalue weighted by molar-refractivity contribution is -0.130. The first kappa shape index (κ1) is 21.5. The molecule has 1 saturated heterocycles. The Kier molecular flexibility index (Phi) is 7.07. The van der Waals surface area contributed by atoms with E-state index in [-0.39, 0.29) is 18.2 Å². The fraction of sp³-hybridized carbons (Fsp3) is 0.286. The van der Waals surface area contributed by atoms with E-state index < -0.39 is 6.04 Å². The number of rotatable bonds is 7. The zero-order valence-corrected chi connectivity index (χ0v) is 19.2. The molecule has 1 heterocycles. The van der Waals surface area contributed by atoms with Crippen molar-refractivity contribution >= 4 is 57.4 Å². The highest BCUT2D eigenvalue weighted by atomic mass is 127. The zero-order valence-electron chi connectivity index (χ0n) is 16.2. The largest absolute Gasteiger partial charge is 0.497 e. The summed E-state index contributed by atoms with van der Waals surface area (Å²) in [6, 6.07) is 14.7. The average Bonchev–Trinajstić information content (AvgIpc) is 2.92. The van der Waals surface area contributed by atoms with E-state index in [2.05, 4.69) is 27.9 Å². The standard InChI is InChI=1S/C21H22IN3O3S/c1-24-20(27)18(13-19(26)23-16-7-5-15(22)6-8-16)25(21(24)29)12-11-14-3-9-17(28-2)10-4-14/h3-10,18H,11-13H2,1-2H3,(H,23,26). The van der Waals surface area contributed by atoms with Crippen molar-refractivity contribution in [2.75, 3.05) is 26.0 Å². The number of ether oxygens (including phenoxy) is 1. The molecule has 1 N–H and O–H groups in total. The van der Waals surface area contributed by atoms with Gasteiger partial charge in [0.25, 0.3) is 5.91 Å². The highest BCUT2D eigenvalue weighted by Gasteiger charge is 2.41. The van der Waals surface area contributed by atoms with Crippen LogP contribution in [0, 0.1) is 3.57 Å². The molecule has 1 aliphatic heterocycles. The summed E-state index contributed by atoms with van der Waals surface area (Å²) in [4.78, 5) is 28.5. The van der Waals surface area contributed by atoms with E-state index in [9.17, 15) is 9.59 Å². The summed E-state index contributed by atoms with van der Waals surface area (Å²) in [5.41, 5.74) is 1.82. The lowest BCUT2D eigenvalue weighted by Crippen LogP contribution is -2.39. The van der Waals surface area contributed by atoms with Crippen molar-refractivity contribution < 1.29 is 14.3 Å². The molecule has 1 fully saturated rings. The average molecular weight is 523 g/mol. The Balaban J connectivity index is 1.65. The molecule has 1 aliphatic rings. The minimum atomic E-state index is -0.588. The Hall–Kier alpha value is -2.20. The summed E-state index contributed by atoms with van der Waals surface area (Å²) in [5.74, 6) is 0.435. The Morgan fingerprint density at radius 1 is 1.17 bits per heavy atom. The molecule has 2 aromatic carbocycles. The van der Waals surface area contributed by atoms with Gasteiger partial charge in [-0.3, -0.25) is 14.5 Å². The molecular formula is C21H22IN3O3S. The molecule has 29 heavy (non-hydrogen) atoms. The van der Waals surface area contributed by atoms with Gasteiger partial charge in [-0.1, -0.05) is 12.1 Å². The Morgan fingerprint density at radius 3 is 2.45 bits per heavy atom. The highest BCUT2D eigenvalue weighted by Crippen LogP contribution is 2.21. The summed E-state index contributed by atoms with van der Waals surface area (Å²) in [5, 5.41) is 3.31. The topological polar surface area (TPSA) is 61.9 Å². The van der Waals surface area contributed by atoms with Crippen molar-refractivity contribution in [3.05, 3.63) is 57.7 Å². The van der Waals surface area contributed by atoms with Crippen molar-refractivity contribution in [2.45, 2.75) is 18.9 Å². The van der Waals surface area contributed by atoms with E-state index in [0.717, 1.165) is 14.9 Å². The minimum Gasteiger partial charge on any atom is -0.497 e. The van der Waals surface area contributed by atoms with E-state index in [1.807, 2.05) is 53.4 Å². The minimum absolute atomic E-state index is 0.0535. The number of amides is 2. The van der Waals surface area contributed by atoms with Crippen molar-refractivity contribution in [1.82, 2.24) is 9.80 Å². The van der Waals surface area contributed by atoms with Gasteiger partial charge in [0.1, 0.15) is 11.8 Å². The van der Waals surface area contributed by atoms with Crippen LogP contribution >= 0.6 is 34.8 Å². The maximum Gasteiger partial charge on any atom is 0.251 e. The zero-order chi connectivity index (χ0) is 21.0. The number of halogens is 1. The quantitative estimate of drug-likeness (QED) is 0.446. The van der Waals surface area contributed by atoms with Crippen LogP contribution in [0.4, 0.5) is 5.69 Å². The van der Waals surface area contributed by atoms with Gasteiger partial charge in [-0.05, 0) is 83.2 Å². The SMILES string of the molecule is COc1ccc(CCN2C(=S)N(C)C(=O)C2CC(=O)Nc2ccc(I)cc2)cc1. The fourth-order valence-corrected chi connectivity index (χ4v) is 3.86. The third-order valence-electron chi connectivity index (χ3n) is 4.83. The number of hydrogen-bond acceptors (Lipinski definition) is 4. The number of carbonyl (C=O) groups is 2. The molecule has 1 unspecified atom stereocenters. The number of likely N-dealkylation sites (N-methyl/N-ethyl adjacent to an activating group) is 1. The third kappa shape index (κ3) is 5.24. The Morgan fingerprint density at radius 2 is 1.83 bits per heavy atom. The van der Waals surface area contributed by atoms with Gasteiger partial charge >= 0.3 is 0 Å². The lowest BCUT2D eigenvalue weighted by atomic mass is 10.1. The van der Waals surface area contributed by atoms with Crippen molar-refractivity contribution in [2.24, 2.45) is 0 Å². The fourth-order valence-electron chi connectivity index (χ4n) is 3.19. The molecule has 0 radical (unpaired) electrons. The maximum absolute atomic E-state index is 12.7. The van der Waals surface area contributed by atoms with E-state index in [4.69, 9.17) is 17.0 Å². The van der Waals surface area contributed by atoms with Crippen LogP contribution in [-0.4, -0.2) is 53.5 Å². The highest BCUT2D eigenvalue weighted by molar-refractivity contribution is 14.1. The van der Waals surface area contributed by atoms with Gasteiger partial charge in [0.2, 0.25) is 5.91 Å². The third-order valence-corrected chi connectivity index (χ3v) is 6.06. The molecule has 6 nitrogen and oxygen atoms in total. The first-order valence-corrected chi connectivity index (χ1v) is 10.6. The number of methoxy groups -OCH3 is 1. The summed E-state index contributed by atoms with van der Waals surface area (Å²) in [7, 11) is 3.28. The molecule has 8 heteroatoms. The van der Waals surface area contributed by atoms with Crippen LogP contribution in [-0.2, 0) is 16.0 Å². The Bertz CT molecular complexity index is 902. The molecular weight excluding hydrogens is 501 g/mol. The van der Waals surface area contributed by atoms with Gasteiger partial charge < -0.3 is 15.0 Å². The second-order valence-electron chi connectivity index (χ2n) is 6.75. The van der Waals surface area contributed by atoms with E-state index in [1.54, 1.807) is 14.2 Å². The van der Waals surface area contributed by atoms with Gasteiger partial charge in [-0.15, -0.1) is 0 Å². The van der Waals surface area contributed by atoms with Crippen LogP contribution in [0.15, 0.2) is 48.5 Å².